The van der Waals surface area contributed by atoms with Gasteiger partial charge in [0.15, 0.2) is 17.1 Å². The summed E-state index contributed by atoms with van der Waals surface area (Å²) >= 11 is 12.8. The van der Waals surface area contributed by atoms with Crippen LogP contribution in [-0.4, -0.2) is 77.6 Å². The molecular formula is C35H40Cl2N4O3. The molecule has 3 aromatic rings. The number of halogens is 2. The normalized spacial score (nSPS) is 20.9. The number of piperazine rings is 1. The van der Waals surface area contributed by atoms with Gasteiger partial charge in [-0.1, -0.05) is 70.7 Å². The first-order valence-corrected chi connectivity index (χ1v) is 16.0. The smallest absolute Gasteiger partial charge is 0.217 e. The lowest BCUT2D eigenvalue weighted by Gasteiger charge is -2.54. The molecule has 3 aromatic carbocycles. The fourth-order valence-electron chi connectivity index (χ4n) is 6.98. The summed E-state index contributed by atoms with van der Waals surface area (Å²) < 4.78 is 0. The van der Waals surface area contributed by atoms with Gasteiger partial charge >= 0.3 is 0 Å². The van der Waals surface area contributed by atoms with Gasteiger partial charge in [0, 0.05) is 69.4 Å². The van der Waals surface area contributed by atoms with E-state index in [0.717, 1.165) is 16.7 Å². The Labute approximate surface area is 269 Å². The molecule has 0 saturated carbocycles. The fourth-order valence-corrected chi connectivity index (χ4v) is 7.28. The maximum Gasteiger partial charge on any atom is 0.217 e. The molecule has 44 heavy (non-hydrogen) atoms. The highest BCUT2D eigenvalue weighted by Gasteiger charge is 2.59. The largest absolute Gasteiger partial charge is 0.354 e. The average Bonchev–Trinajstić information content (AvgIpc) is 3.00. The van der Waals surface area contributed by atoms with Gasteiger partial charge in [0.1, 0.15) is 0 Å². The summed E-state index contributed by atoms with van der Waals surface area (Å²) in [4.78, 5) is 47.4. The first-order valence-electron chi connectivity index (χ1n) is 15.2. The molecule has 1 amide bonds. The lowest BCUT2D eigenvalue weighted by atomic mass is 9.70. The molecule has 7 nitrogen and oxygen atoms in total. The lowest BCUT2D eigenvalue weighted by molar-refractivity contribution is -0.120. The number of carbonyl (C=O) groups is 3. The van der Waals surface area contributed by atoms with Crippen LogP contribution in [0.3, 0.4) is 0 Å². The van der Waals surface area contributed by atoms with Crippen molar-refractivity contribution in [3.63, 3.8) is 0 Å². The van der Waals surface area contributed by atoms with Crippen LogP contribution in [0.1, 0.15) is 57.2 Å². The second-order valence-corrected chi connectivity index (χ2v) is 12.9. The SMILES string of the molecule is CC(=O)NC1CCN(Cc2ccccc2)C(C(C(=O)c2cc(C)cc(C)c2)(C(=O)c2ccc(Cl)c(Cl)c2)N2CCNCC2)C1. The Bertz CT molecular complexity index is 1510. The molecule has 2 saturated heterocycles. The van der Waals surface area contributed by atoms with Crippen molar-refractivity contribution in [1.29, 1.82) is 0 Å². The quantitative estimate of drug-likeness (QED) is 0.239. The molecule has 0 aliphatic carbocycles. The Morgan fingerprint density at radius 3 is 2.16 bits per heavy atom. The van der Waals surface area contributed by atoms with E-state index in [0.29, 0.717) is 68.3 Å². The first kappa shape index (κ1) is 32.3. The summed E-state index contributed by atoms with van der Waals surface area (Å²) in [5.41, 5.74) is 2.21. The van der Waals surface area contributed by atoms with Crippen LogP contribution < -0.4 is 10.6 Å². The van der Waals surface area contributed by atoms with Crippen molar-refractivity contribution in [2.75, 3.05) is 32.7 Å². The van der Waals surface area contributed by atoms with Crippen molar-refractivity contribution >= 4 is 40.7 Å². The van der Waals surface area contributed by atoms with E-state index in [2.05, 4.69) is 32.6 Å². The molecule has 232 valence electrons. The summed E-state index contributed by atoms with van der Waals surface area (Å²) in [5.74, 6) is -0.683. The van der Waals surface area contributed by atoms with Gasteiger partial charge in [-0.2, -0.15) is 0 Å². The highest BCUT2D eigenvalue weighted by atomic mass is 35.5. The Morgan fingerprint density at radius 2 is 1.52 bits per heavy atom. The molecular weight excluding hydrogens is 595 g/mol. The number of hydrogen-bond acceptors (Lipinski definition) is 6. The number of rotatable bonds is 9. The average molecular weight is 636 g/mol. The molecule has 3 atom stereocenters. The van der Waals surface area contributed by atoms with Crippen LogP contribution in [-0.2, 0) is 11.3 Å². The second kappa shape index (κ2) is 13.9. The summed E-state index contributed by atoms with van der Waals surface area (Å²) in [7, 11) is 0. The van der Waals surface area contributed by atoms with Crippen LogP contribution in [0.4, 0.5) is 0 Å². The van der Waals surface area contributed by atoms with E-state index in [9.17, 15) is 4.79 Å². The van der Waals surface area contributed by atoms with E-state index in [-0.39, 0.29) is 28.5 Å². The first-order chi connectivity index (χ1) is 21.1. The fraction of sp³-hybridized carbons (Fsp3) is 0.400. The molecule has 0 spiro atoms. The maximum atomic E-state index is 15.4. The monoisotopic (exact) mass is 634 g/mol. The Hall–Kier alpha value is -3.07. The number of piperidine rings is 1. The zero-order chi connectivity index (χ0) is 31.4. The Kier molecular flexibility index (Phi) is 10.2. The lowest BCUT2D eigenvalue weighted by Crippen LogP contribution is -2.74. The molecule has 0 bridgehead atoms. The second-order valence-electron chi connectivity index (χ2n) is 12.1. The topological polar surface area (TPSA) is 81.8 Å². The molecule has 2 fully saturated rings. The van der Waals surface area contributed by atoms with Gasteiger partial charge in [-0.25, -0.2) is 0 Å². The molecule has 5 rings (SSSR count). The number of benzene rings is 3. The van der Waals surface area contributed by atoms with Crippen LogP contribution in [0.2, 0.25) is 10.0 Å². The zero-order valence-electron chi connectivity index (χ0n) is 25.5. The standard InChI is InChI=1S/C35H40Cl2N4O3/c1-23-17-24(2)19-28(18-23)34(44)35(41-15-12-38-13-16-41,33(43)27-9-10-30(36)31(37)20-27)32-21-29(39-25(3)42)11-14-40(32)22-26-7-5-4-6-8-26/h4-10,17-20,29,32,38H,11-16,21-22H2,1-3H3,(H,39,42). The maximum absolute atomic E-state index is 15.4. The van der Waals surface area contributed by atoms with Crippen molar-refractivity contribution in [2.24, 2.45) is 0 Å². The Morgan fingerprint density at radius 1 is 0.864 bits per heavy atom. The predicted octanol–water partition coefficient (Wildman–Crippen LogP) is 5.49. The number of carbonyl (C=O) groups excluding carboxylic acids is 3. The highest BCUT2D eigenvalue weighted by Crippen LogP contribution is 2.39. The van der Waals surface area contributed by atoms with Gasteiger partial charge < -0.3 is 10.6 Å². The van der Waals surface area contributed by atoms with Crippen molar-refractivity contribution in [3.8, 4) is 0 Å². The number of Topliss-reactive ketones (excluding diaryl/α,β-unsaturated/α-hetero) is 2. The number of aryl methyl sites for hydroxylation is 2. The van der Waals surface area contributed by atoms with Gasteiger partial charge in [-0.15, -0.1) is 0 Å². The summed E-state index contributed by atoms with van der Waals surface area (Å²) in [6.07, 6.45) is 1.14. The van der Waals surface area contributed by atoms with Gasteiger partial charge in [0.2, 0.25) is 5.91 Å². The minimum Gasteiger partial charge on any atom is -0.354 e. The van der Waals surface area contributed by atoms with Crippen molar-refractivity contribution in [1.82, 2.24) is 20.4 Å². The van der Waals surface area contributed by atoms with Crippen molar-refractivity contribution in [2.45, 2.75) is 57.8 Å². The molecule has 9 heteroatoms. The minimum atomic E-state index is -1.61. The van der Waals surface area contributed by atoms with Crippen LogP contribution >= 0.6 is 23.2 Å². The van der Waals surface area contributed by atoms with Crippen LogP contribution in [0.25, 0.3) is 0 Å². The van der Waals surface area contributed by atoms with E-state index in [4.69, 9.17) is 23.2 Å². The molecule has 2 aliphatic rings. The summed E-state index contributed by atoms with van der Waals surface area (Å²) in [6.45, 7) is 8.88. The third-order valence-corrected chi connectivity index (χ3v) is 9.54. The summed E-state index contributed by atoms with van der Waals surface area (Å²) in [5, 5.41) is 7.09. The molecule has 2 N–H and O–H groups in total. The van der Waals surface area contributed by atoms with E-state index in [1.807, 2.05) is 50.2 Å². The van der Waals surface area contributed by atoms with Crippen LogP contribution in [0.5, 0.6) is 0 Å². The number of nitrogens with zero attached hydrogens (tertiary/aromatic N) is 2. The van der Waals surface area contributed by atoms with Crippen LogP contribution in [0.15, 0.2) is 66.7 Å². The van der Waals surface area contributed by atoms with Crippen molar-refractivity contribution in [3.05, 3.63) is 105 Å². The highest BCUT2D eigenvalue weighted by molar-refractivity contribution is 6.42. The van der Waals surface area contributed by atoms with E-state index in [1.165, 1.54) is 6.92 Å². The number of nitrogens with one attached hydrogen (secondary N) is 2. The third-order valence-electron chi connectivity index (χ3n) is 8.81. The number of hydrogen-bond donors (Lipinski definition) is 2. The van der Waals surface area contributed by atoms with E-state index in [1.54, 1.807) is 18.2 Å². The minimum absolute atomic E-state index is 0.130. The van der Waals surface area contributed by atoms with Crippen LogP contribution in [0, 0.1) is 13.8 Å². The van der Waals surface area contributed by atoms with E-state index < -0.39 is 11.6 Å². The third kappa shape index (κ3) is 6.77. The molecule has 2 heterocycles. The molecule has 3 unspecified atom stereocenters. The Balaban J connectivity index is 1.76. The summed E-state index contributed by atoms with van der Waals surface area (Å²) in [6, 6.07) is 20.0. The molecule has 0 radical (unpaired) electrons. The van der Waals surface area contributed by atoms with Gasteiger partial charge in [0.05, 0.1) is 10.0 Å². The number of amides is 1. The number of likely N-dealkylation sites (tertiary alicyclic amines) is 1. The zero-order valence-corrected chi connectivity index (χ0v) is 27.0. The van der Waals surface area contributed by atoms with Gasteiger partial charge in [-0.05, 0) is 62.6 Å². The predicted molar refractivity (Wildman–Crippen MR) is 176 cm³/mol. The van der Waals surface area contributed by atoms with Gasteiger partial charge in [-0.3, -0.25) is 24.2 Å². The van der Waals surface area contributed by atoms with Crippen molar-refractivity contribution < 1.29 is 14.4 Å². The van der Waals surface area contributed by atoms with E-state index >= 15 is 9.59 Å². The van der Waals surface area contributed by atoms with Gasteiger partial charge in [0.25, 0.3) is 0 Å². The molecule has 2 aliphatic heterocycles. The molecule has 0 aromatic heterocycles. The number of ketones is 2.